The largest absolute Gasteiger partial charge is 0.458 e. The van der Waals surface area contributed by atoms with Gasteiger partial charge in [0.2, 0.25) is 0 Å². The van der Waals surface area contributed by atoms with Crippen LogP contribution in [0.15, 0.2) is 30.3 Å². The van der Waals surface area contributed by atoms with Gasteiger partial charge in [-0.1, -0.05) is 38.5 Å². The summed E-state index contributed by atoms with van der Waals surface area (Å²) in [4.78, 5) is 12.0. The number of esters is 1. The molecular formula is C15H22O3. The van der Waals surface area contributed by atoms with Crippen LogP contribution in [0.3, 0.4) is 0 Å². The van der Waals surface area contributed by atoms with Gasteiger partial charge in [0.05, 0.1) is 5.56 Å². The van der Waals surface area contributed by atoms with E-state index in [-0.39, 0.29) is 24.6 Å². The summed E-state index contributed by atoms with van der Waals surface area (Å²) in [7, 11) is 0. The Balaban J connectivity index is 2.68. The average molecular weight is 250 g/mol. The molecule has 0 heterocycles. The molecule has 0 amide bonds. The van der Waals surface area contributed by atoms with Gasteiger partial charge in [-0.05, 0) is 25.0 Å². The first-order valence-corrected chi connectivity index (χ1v) is 6.59. The number of aliphatic hydroxyl groups is 1. The third kappa shape index (κ3) is 4.15. The summed E-state index contributed by atoms with van der Waals surface area (Å²) in [6.45, 7) is 4.11. The lowest BCUT2D eigenvalue weighted by atomic mass is 9.96. The highest BCUT2D eigenvalue weighted by Crippen LogP contribution is 2.18. The molecule has 0 saturated carbocycles. The van der Waals surface area contributed by atoms with E-state index >= 15 is 0 Å². The number of carbonyl (C=O) groups excluding carboxylic acids is 1. The van der Waals surface area contributed by atoms with Crippen LogP contribution in [0.1, 0.15) is 43.5 Å². The molecule has 0 saturated heterocycles. The fraction of sp³-hybridized carbons (Fsp3) is 0.533. The SMILES string of the molecule is CCCC(OC(=O)c1ccccc1)C(CC)CO. The van der Waals surface area contributed by atoms with Crippen LogP contribution in [0.5, 0.6) is 0 Å². The van der Waals surface area contributed by atoms with Gasteiger partial charge in [0, 0.05) is 12.5 Å². The van der Waals surface area contributed by atoms with Gasteiger partial charge in [-0.25, -0.2) is 4.79 Å². The minimum atomic E-state index is -0.305. The fourth-order valence-electron chi connectivity index (χ4n) is 1.96. The van der Waals surface area contributed by atoms with E-state index in [4.69, 9.17) is 4.74 Å². The highest BCUT2D eigenvalue weighted by molar-refractivity contribution is 5.89. The molecule has 2 unspecified atom stereocenters. The van der Waals surface area contributed by atoms with E-state index in [0.29, 0.717) is 5.56 Å². The third-order valence-corrected chi connectivity index (χ3v) is 3.13. The highest BCUT2D eigenvalue weighted by Gasteiger charge is 2.23. The van der Waals surface area contributed by atoms with E-state index in [1.807, 2.05) is 32.0 Å². The average Bonchev–Trinajstić information content (AvgIpc) is 2.41. The molecule has 0 bridgehead atoms. The summed E-state index contributed by atoms with van der Waals surface area (Å²) in [5.74, 6) is -0.279. The molecular weight excluding hydrogens is 228 g/mol. The van der Waals surface area contributed by atoms with E-state index in [1.54, 1.807) is 12.1 Å². The van der Waals surface area contributed by atoms with E-state index in [1.165, 1.54) is 0 Å². The molecule has 1 rings (SSSR count). The lowest BCUT2D eigenvalue weighted by Gasteiger charge is -2.24. The Morgan fingerprint density at radius 3 is 2.44 bits per heavy atom. The van der Waals surface area contributed by atoms with Crippen molar-refractivity contribution in [1.29, 1.82) is 0 Å². The topological polar surface area (TPSA) is 46.5 Å². The van der Waals surface area contributed by atoms with Gasteiger partial charge in [-0.2, -0.15) is 0 Å². The molecule has 100 valence electrons. The monoisotopic (exact) mass is 250 g/mol. The number of ether oxygens (including phenoxy) is 1. The summed E-state index contributed by atoms with van der Waals surface area (Å²) >= 11 is 0. The Labute approximate surface area is 109 Å². The zero-order chi connectivity index (χ0) is 13.4. The second-order valence-electron chi connectivity index (χ2n) is 4.45. The van der Waals surface area contributed by atoms with Gasteiger partial charge in [0.25, 0.3) is 0 Å². The van der Waals surface area contributed by atoms with Crippen molar-refractivity contribution in [3.8, 4) is 0 Å². The molecule has 1 N–H and O–H groups in total. The Hall–Kier alpha value is -1.35. The van der Waals surface area contributed by atoms with Crippen LogP contribution in [0.25, 0.3) is 0 Å². The standard InChI is InChI=1S/C15H22O3/c1-3-8-14(12(4-2)11-16)18-15(17)13-9-6-5-7-10-13/h5-7,9-10,12,14,16H,3-4,8,11H2,1-2H3. The quantitative estimate of drug-likeness (QED) is 0.757. The van der Waals surface area contributed by atoms with Crippen LogP contribution in [0.2, 0.25) is 0 Å². The molecule has 0 radical (unpaired) electrons. The van der Waals surface area contributed by atoms with Crippen LogP contribution in [-0.2, 0) is 4.74 Å². The summed E-state index contributed by atoms with van der Waals surface area (Å²) < 4.78 is 5.52. The molecule has 0 fully saturated rings. The van der Waals surface area contributed by atoms with Crippen molar-refractivity contribution >= 4 is 5.97 Å². The van der Waals surface area contributed by atoms with Crippen molar-refractivity contribution < 1.29 is 14.6 Å². The van der Waals surface area contributed by atoms with Crippen LogP contribution >= 0.6 is 0 Å². The zero-order valence-electron chi connectivity index (χ0n) is 11.1. The van der Waals surface area contributed by atoms with E-state index in [9.17, 15) is 9.90 Å². The maximum atomic E-state index is 12.0. The third-order valence-electron chi connectivity index (χ3n) is 3.13. The van der Waals surface area contributed by atoms with E-state index in [0.717, 1.165) is 19.3 Å². The summed E-state index contributed by atoms with van der Waals surface area (Å²) in [6.07, 6.45) is 2.34. The maximum absolute atomic E-state index is 12.0. The number of rotatable bonds is 7. The van der Waals surface area contributed by atoms with Crippen molar-refractivity contribution in [2.45, 2.75) is 39.2 Å². The van der Waals surface area contributed by atoms with Crippen molar-refractivity contribution in [2.75, 3.05) is 6.61 Å². The number of aliphatic hydroxyl groups excluding tert-OH is 1. The minimum Gasteiger partial charge on any atom is -0.458 e. The number of hydrogen-bond donors (Lipinski definition) is 1. The molecule has 0 aliphatic rings. The lowest BCUT2D eigenvalue weighted by molar-refractivity contribution is -0.000184. The molecule has 0 aliphatic carbocycles. The smallest absolute Gasteiger partial charge is 0.338 e. The lowest BCUT2D eigenvalue weighted by Crippen LogP contribution is -2.29. The van der Waals surface area contributed by atoms with E-state index < -0.39 is 0 Å². The minimum absolute atomic E-state index is 0.0256. The van der Waals surface area contributed by atoms with Gasteiger partial charge in [-0.3, -0.25) is 0 Å². The summed E-state index contributed by atoms with van der Waals surface area (Å²) in [5.41, 5.74) is 0.561. The fourth-order valence-corrected chi connectivity index (χ4v) is 1.96. The second-order valence-corrected chi connectivity index (χ2v) is 4.45. The van der Waals surface area contributed by atoms with Crippen molar-refractivity contribution in [3.63, 3.8) is 0 Å². The number of hydrogen-bond acceptors (Lipinski definition) is 3. The van der Waals surface area contributed by atoms with Crippen molar-refractivity contribution in [1.82, 2.24) is 0 Å². The molecule has 1 aromatic rings. The predicted molar refractivity (Wildman–Crippen MR) is 71.4 cm³/mol. The highest BCUT2D eigenvalue weighted by atomic mass is 16.5. The van der Waals surface area contributed by atoms with Crippen LogP contribution < -0.4 is 0 Å². The first kappa shape index (κ1) is 14.7. The maximum Gasteiger partial charge on any atom is 0.338 e. The number of carbonyl (C=O) groups is 1. The van der Waals surface area contributed by atoms with Crippen LogP contribution in [-0.4, -0.2) is 23.8 Å². The summed E-state index contributed by atoms with van der Waals surface area (Å²) in [5, 5.41) is 9.32. The van der Waals surface area contributed by atoms with Gasteiger partial charge in [0.15, 0.2) is 0 Å². The van der Waals surface area contributed by atoms with Gasteiger partial charge >= 0.3 is 5.97 Å². The normalized spacial score (nSPS) is 13.9. The zero-order valence-corrected chi connectivity index (χ0v) is 11.1. The molecule has 0 aromatic heterocycles. The molecule has 0 spiro atoms. The summed E-state index contributed by atoms with van der Waals surface area (Å²) in [6, 6.07) is 8.98. The first-order valence-electron chi connectivity index (χ1n) is 6.59. The molecule has 0 aliphatic heterocycles. The van der Waals surface area contributed by atoms with Crippen molar-refractivity contribution in [2.24, 2.45) is 5.92 Å². The number of benzene rings is 1. The molecule has 3 heteroatoms. The first-order chi connectivity index (χ1) is 8.72. The van der Waals surface area contributed by atoms with E-state index in [2.05, 4.69) is 0 Å². The van der Waals surface area contributed by atoms with Gasteiger partial charge in [-0.15, -0.1) is 0 Å². The van der Waals surface area contributed by atoms with Crippen LogP contribution in [0.4, 0.5) is 0 Å². The molecule has 2 atom stereocenters. The Morgan fingerprint density at radius 1 is 1.28 bits per heavy atom. The molecule has 18 heavy (non-hydrogen) atoms. The van der Waals surface area contributed by atoms with Gasteiger partial charge in [0.1, 0.15) is 6.10 Å². The predicted octanol–water partition coefficient (Wildman–Crippen LogP) is 3.03. The second kappa shape index (κ2) is 7.88. The van der Waals surface area contributed by atoms with Crippen molar-refractivity contribution in [3.05, 3.63) is 35.9 Å². The molecule has 1 aromatic carbocycles. The Kier molecular flexibility index (Phi) is 6.44. The Morgan fingerprint density at radius 2 is 1.94 bits per heavy atom. The van der Waals surface area contributed by atoms with Gasteiger partial charge < -0.3 is 9.84 Å². The van der Waals surface area contributed by atoms with Crippen LogP contribution in [0, 0.1) is 5.92 Å². The Bertz CT molecular complexity index is 344. The molecule has 3 nitrogen and oxygen atoms in total.